The normalized spacial score (nSPS) is 24.3. The average molecular weight is 423 g/mol. The molecule has 2 bridgehead atoms. The van der Waals surface area contributed by atoms with Gasteiger partial charge in [0.25, 0.3) is 18.2 Å². The number of ether oxygens (including phenoxy) is 1. The number of nitrogens with one attached hydrogen (secondary N) is 2. The van der Waals surface area contributed by atoms with E-state index < -0.39 is 23.6 Å². The Bertz CT molecular complexity index is 918. The summed E-state index contributed by atoms with van der Waals surface area (Å²) >= 11 is 5.80. The second-order valence-corrected chi connectivity index (χ2v) is 7.90. The van der Waals surface area contributed by atoms with Crippen LogP contribution in [0.4, 0.5) is 8.78 Å². The third-order valence-electron chi connectivity index (χ3n) is 5.13. The number of amides is 2. The van der Waals surface area contributed by atoms with Gasteiger partial charge in [0.1, 0.15) is 17.1 Å². The van der Waals surface area contributed by atoms with Crippen molar-refractivity contribution in [1.82, 2.24) is 20.6 Å². The Labute approximate surface area is 169 Å². The molecule has 0 saturated heterocycles. The van der Waals surface area contributed by atoms with E-state index in [2.05, 4.69) is 20.6 Å². The Hall–Kier alpha value is -2.81. The average Bonchev–Trinajstić information content (AvgIpc) is 2.65. The van der Waals surface area contributed by atoms with E-state index in [1.54, 1.807) is 24.3 Å². The summed E-state index contributed by atoms with van der Waals surface area (Å²) in [6, 6.07) is 6.71. The molecule has 1 aromatic carbocycles. The molecule has 152 valence electrons. The van der Waals surface area contributed by atoms with E-state index in [1.165, 1.54) is 0 Å². The molecule has 7 nitrogen and oxygen atoms in total. The maximum absolute atomic E-state index is 12.5. The molecule has 3 aliphatic rings. The van der Waals surface area contributed by atoms with Crippen molar-refractivity contribution in [3.8, 4) is 5.75 Å². The zero-order valence-corrected chi connectivity index (χ0v) is 15.9. The molecule has 3 fully saturated rings. The first-order valence-electron chi connectivity index (χ1n) is 8.90. The summed E-state index contributed by atoms with van der Waals surface area (Å²) in [4.78, 5) is 31.6. The summed E-state index contributed by atoms with van der Waals surface area (Å²) in [5.74, 6) is -0.165. The smallest absolute Gasteiger partial charge is 0.281 e. The predicted molar refractivity (Wildman–Crippen MR) is 98.9 cm³/mol. The molecular weight excluding hydrogens is 406 g/mol. The lowest BCUT2D eigenvalue weighted by Gasteiger charge is -2.70. The molecule has 0 radical (unpaired) electrons. The fraction of sp³-hybridized carbons (Fsp3) is 0.368. The zero-order chi connectivity index (χ0) is 20.6. The SMILES string of the molecule is O=C(COc1ccc(Cl)cc1)NC12CC(NC(=O)c3cnc(C(F)F)cn3)(C1)C2. The third kappa shape index (κ3) is 4.00. The molecule has 0 atom stereocenters. The Morgan fingerprint density at radius 3 is 2.31 bits per heavy atom. The molecule has 3 saturated carbocycles. The Morgan fingerprint density at radius 1 is 1.07 bits per heavy atom. The highest BCUT2D eigenvalue weighted by molar-refractivity contribution is 6.30. The quantitative estimate of drug-likeness (QED) is 0.715. The molecule has 0 aliphatic heterocycles. The largest absolute Gasteiger partial charge is 0.484 e. The molecule has 5 rings (SSSR count). The van der Waals surface area contributed by atoms with Crippen molar-refractivity contribution in [3.63, 3.8) is 0 Å². The second-order valence-electron chi connectivity index (χ2n) is 7.46. The van der Waals surface area contributed by atoms with Gasteiger partial charge in [-0.1, -0.05) is 11.6 Å². The molecule has 0 spiro atoms. The Morgan fingerprint density at radius 2 is 1.72 bits per heavy atom. The van der Waals surface area contributed by atoms with Crippen LogP contribution < -0.4 is 15.4 Å². The van der Waals surface area contributed by atoms with Gasteiger partial charge < -0.3 is 15.4 Å². The first-order valence-corrected chi connectivity index (χ1v) is 9.28. The summed E-state index contributed by atoms with van der Waals surface area (Å²) in [7, 11) is 0. The van der Waals surface area contributed by atoms with Crippen LogP contribution in [-0.2, 0) is 4.79 Å². The molecule has 2 aromatic rings. The first kappa shape index (κ1) is 19.5. The van der Waals surface area contributed by atoms with Gasteiger partial charge >= 0.3 is 0 Å². The van der Waals surface area contributed by atoms with Gasteiger partial charge in [-0.3, -0.25) is 14.6 Å². The number of hydrogen-bond acceptors (Lipinski definition) is 5. The minimum atomic E-state index is -2.73. The van der Waals surface area contributed by atoms with Crippen LogP contribution in [0.5, 0.6) is 5.75 Å². The topological polar surface area (TPSA) is 93.2 Å². The van der Waals surface area contributed by atoms with Crippen molar-refractivity contribution in [2.24, 2.45) is 0 Å². The van der Waals surface area contributed by atoms with E-state index in [-0.39, 0.29) is 23.7 Å². The number of carbonyl (C=O) groups excluding carboxylic acids is 2. The number of benzene rings is 1. The van der Waals surface area contributed by atoms with Crippen molar-refractivity contribution in [2.45, 2.75) is 36.8 Å². The van der Waals surface area contributed by atoms with Crippen molar-refractivity contribution < 1.29 is 23.1 Å². The molecule has 1 aromatic heterocycles. The van der Waals surface area contributed by atoms with Crippen LogP contribution >= 0.6 is 11.6 Å². The van der Waals surface area contributed by atoms with Crippen LogP contribution in [0.1, 0.15) is 41.9 Å². The molecule has 10 heteroatoms. The molecule has 0 unspecified atom stereocenters. The highest BCUT2D eigenvalue weighted by Gasteiger charge is 2.69. The number of halogens is 3. The maximum atomic E-state index is 12.5. The second kappa shape index (κ2) is 7.22. The van der Waals surface area contributed by atoms with Crippen molar-refractivity contribution in [2.75, 3.05) is 6.61 Å². The zero-order valence-electron chi connectivity index (χ0n) is 15.1. The third-order valence-corrected chi connectivity index (χ3v) is 5.38. The summed E-state index contributed by atoms with van der Waals surface area (Å²) < 4.78 is 30.4. The lowest BCUT2D eigenvalue weighted by molar-refractivity contribution is -0.141. The van der Waals surface area contributed by atoms with Gasteiger partial charge in [0.05, 0.1) is 12.4 Å². The van der Waals surface area contributed by atoms with Crippen LogP contribution in [0.15, 0.2) is 36.7 Å². The van der Waals surface area contributed by atoms with Crippen LogP contribution in [0.25, 0.3) is 0 Å². The highest BCUT2D eigenvalue weighted by Crippen LogP contribution is 2.60. The number of aromatic nitrogens is 2. The molecule has 2 amide bonds. The van der Waals surface area contributed by atoms with E-state index in [0.717, 1.165) is 12.4 Å². The van der Waals surface area contributed by atoms with Gasteiger partial charge in [-0.2, -0.15) is 0 Å². The van der Waals surface area contributed by atoms with E-state index in [1.807, 2.05) is 0 Å². The lowest BCUT2D eigenvalue weighted by atomic mass is 9.44. The van der Waals surface area contributed by atoms with Crippen LogP contribution in [-0.4, -0.2) is 39.5 Å². The Kier molecular flexibility index (Phi) is 4.85. The van der Waals surface area contributed by atoms with Gasteiger partial charge in [0.15, 0.2) is 6.61 Å². The highest BCUT2D eigenvalue weighted by atomic mass is 35.5. The molecule has 2 N–H and O–H groups in total. The predicted octanol–water partition coefficient (Wildman–Crippen LogP) is 2.67. The minimum Gasteiger partial charge on any atom is -0.484 e. The van der Waals surface area contributed by atoms with E-state index in [0.29, 0.717) is 30.0 Å². The van der Waals surface area contributed by atoms with Gasteiger partial charge in [0, 0.05) is 16.1 Å². The number of hydrogen-bond donors (Lipinski definition) is 2. The molecule has 29 heavy (non-hydrogen) atoms. The monoisotopic (exact) mass is 422 g/mol. The van der Waals surface area contributed by atoms with Gasteiger partial charge in [-0.25, -0.2) is 13.8 Å². The summed E-state index contributed by atoms with van der Waals surface area (Å²) in [5.41, 5.74) is -1.23. The lowest BCUT2D eigenvalue weighted by Crippen LogP contribution is -2.84. The van der Waals surface area contributed by atoms with Crippen molar-refractivity contribution in [3.05, 3.63) is 53.1 Å². The fourth-order valence-corrected chi connectivity index (χ4v) is 4.06. The van der Waals surface area contributed by atoms with Crippen LogP contribution in [0.2, 0.25) is 5.02 Å². The number of alkyl halides is 2. The molecular formula is C19H17ClF2N4O3. The molecule has 1 heterocycles. The summed E-state index contributed by atoms with van der Waals surface area (Å²) in [6.07, 6.45) is 0.991. The van der Waals surface area contributed by atoms with Gasteiger partial charge in [-0.05, 0) is 43.5 Å². The summed E-state index contributed by atoms with van der Waals surface area (Å²) in [6.45, 7) is -0.116. The van der Waals surface area contributed by atoms with Crippen LogP contribution in [0.3, 0.4) is 0 Å². The number of rotatable bonds is 7. The number of nitrogens with zero attached hydrogens (tertiary/aromatic N) is 2. The van der Waals surface area contributed by atoms with E-state index >= 15 is 0 Å². The fourth-order valence-electron chi connectivity index (χ4n) is 3.94. The van der Waals surface area contributed by atoms with Gasteiger partial charge in [-0.15, -0.1) is 0 Å². The van der Waals surface area contributed by atoms with Crippen molar-refractivity contribution in [1.29, 1.82) is 0 Å². The Balaban J connectivity index is 1.23. The van der Waals surface area contributed by atoms with Gasteiger partial charge in [0.2, 0.25) is 0 Å². The number of carbonyl (C=O) groups is 2. The summed E-state index contributed by atoms with van der Waals surface area (Å²) in [5, 5.41) is 6.39. The first-order chi connectivity index (χ1) is 13.8. The van der Waals surface area contributed by atoms with E-state index in [4.69, 9.17) is 16.3 Å². The molecule has 3 aliphatic carbocycles. The van der Waals surface area contributed by atoms with Crippen molar-refractivity contribution >= 4 is 23.4 Å². The standard InChI is InChI=1S/C19H17ClF2N4O3/c20-11-1-3-12(4-2-11)29-7-15(27)25-18-8-19(9-18,10-18)26-17(28)14-6-23-13(5-24-14)16(21)22/h1-6,16H,7-10H2,(H,25,27)(H,26,28). The van der Waals surface area contributed by atoms with Crippen LogP contribution in [0, 0.1) is 0 Å². The maximum Gasteiger partial charge on any atom is 0.281 e. The minimum absolute atomic E-state index is 0.0198. The van der Waals surface area contributed by atoms with E-state index in [9.17, 15) is 18.4 Å².